The second kappa shape index (κ2) is 9.81. The number of rotatable bonds is 6. The van der Waals surface area contributed by atoms with E-state index in [0.29, 0.717) is 32.9 Å². The molecule has 182 valence electrons. The molecule has 1 fully saturated rings. The molecular formula is C24H24BrN5O3S2. The summed E-state index contributed by atoms with van der Waals surface area (Å²) in [5.41, 5.74) is 2.87. The molecule has 4 aromatic rings. The van der Waals surface area contributed by atoms with Gasteiger partial charge in [-0.15, -0.1) is 11.3 Å². The molecule has 4 heterocycles. The first kappa shape index (κ1) is 24.1. The van der Waals surface area contributed by atoms with Gasteiger partial charge in [-0.2, -0.15) is 4.98 Å². The molecule has 5 rings (SSSR count). The molecule has 0 saturated carbocycles. The number of hydrogen-bond acceptors (Lipinski definition) is 8. The Morgan fingerprint density at radius 2 is 1.94 bits per heavy atom. The quantitative estimate of drug-likeness (QED) is 0.354. The van der Waals surface area contributed by atoms with Crippen molar-refractivity contribution in [2.75, 3.05) is 24.7 Å². The van der Waals surface area contributed by atoms with Crippen LogP contribution < -0.4 is 16.2 Å². The predicted molar refractivity (Wildman–Crippen MR) is 143 cm³/mol. The maximum atomic E-state index is 13.0. The van der Waals surface area contributed by atoms with E-state index < -0.39 is 9.84 Å². The van der Waals surface area contributed by atoms with Crippen molar-refractivity contribution in [3.8, 4) is 0 Å². The number of nitrogens with zero attached hydrogens (tertiary/aromatic N) is 3. The highest BCUT2D eigenvalue weighted by molar-refractivity contribution is 9.10. The Morgan fingerprint density at radius 3 is 2.66 bits per heavy atom. The number of benzene rings is 1. The van der Waals surface area contributed by atoms with E-state index in [1.54, 1.807) is 23.7 Å². The molecule has 0 spiro atoms. The van der Waals surface area contributed by atoms with Gasteiger partial charge in [0.2, 0.25) is 5.95 Å². The summed E-state index contributed by atoms with van der Waals surface area (Å²) in [6.45, 7) is 2.18. The fourth-order valence-electron chi connectivity index (χ4n) is 4.39. The zero-order valence-electron chi connectivity index (χ0n) is 19.0. The minimum Gasteiger partial charge on any atom is -0.324 e. The smallest absolute Gasteiger partial charge is 0.266 e. The molecule has 0 aliphatic carbocycles. The highest BCUT2D eigenvalue weighted by atomic mass is 79.9. The van der Waals surface area contributed by atoms with Crippen molar-refractivity contribution in [1.29, 1.82) is 0 Å². The van der Waals surface area contributed by atoms with Crippen LogP contribution in [0, 0.1) is 0 Å². The van der Waals surface area contributed by atoms with E-state index in [0.717, 1.165) is 43.0 Å². The number of thiophene rings is 1. The number of piperidine rings is 1. The molecule has 0 amide bonds. The highest BCUT2D eigenvalue weighted by Gasteiger charge is 2.19. The average molecular weight is 575 g/mol. The van der Waals surface area contributed by atoms with Crippen molar-refractivity contribution >= 4 is 59.8 Å². The Morgan fingerprint density at radius 1 is 1.20 bits per heavy atom. The van der Waals surface area contributed by atoms with Crippen LogP contribution in [0.5, 0.6) is 0 Å². The Balaban J connectivity index is 1.47. The van der Waals surface area contributed by atoms with E-state index in [-0.39, 0.29) is 16.3 Å². The Hall–Kier alpha value is -2.60. The number of aromatic nitrogens is 3. The van der Waals surface area contributed by atoms with Gasteiger partial charge in [-0.1, -0.05) is 12.1 Å². The molecule has 1 aliphatic heterocycles. The lowest BCUT2D eigenvalue weighted by Gasteiger charge is -2.23. The van der Waals surface area contributed by atoms with Gasteiger partial charge in [-0.3, -0.25) is 9.36 Å². The van der Waals surface area contributed by atoms with Gasteiger partial charge in [-0.25, -0.2) is 13.4 Å². The van der Waals surface area contributed by atoms with Crippen molar-refractivity contribution in [2.45, 2.75) is 29.5 Å². The number of pyridine rings is 1. The normalized spacial score (nSPS) is 14.9. The topological polar surface area (TPSA) is 106 Å². The molecule has 11 heteroatoms. The van der Waals surface area contributed by atoms with E-state index in [1.165, 1.54) is 16.4 Å². The minimum atomic E-state index is -3.40. The fraction of sp³-hybridized carbons (Fsp3) is 0.292. The molecule has 1 saturated heterocycles. The lowest BCUT2D eigenvalue weighted by molar-refractivity contribution is 0.460. The Labute approximate surface area is 215 Å². The van der Waals surface area contributed by atoms with Crippen molar-refractivity contribution in [3.05, 3.63) is 73.9 Å². The van der Waals surface area contributed by atoms with Gasteiger partial charge in [0.05, 0.1) is 11.0 Å². The van der Waals surface area contributed by atoms with Crippen LogP contribution in [0.1, 0.15) is 29.9 Å². The molecule has 0 radical (unpaired) electrons. The lowest BCUT2D eigenvalue weighted by Crippen LogP contribution is -2.26. The molecule has 1 aromatic carbocycles. The van der Waals surface area contributed by atoms with Gasteiger partial charge in [0.1, 0.15) is 9.86 Å². The van der Waals surface area contributed by atoms with Gasteiger partial charge < -0.3 is 10.6 Å². The van der Waals surface area contributed by atoms with Crippen LogP contribution in [0.15, 0.2) is 61.5 Å². The van der Waals surface area contributed by atoms with Crippen LogP contribution >= 0.6 is 27.3 Å². The van der Waals surface area contributed by atoms with Crippen LogP contribution in [0.4, 0.5) is 11.6 Å². The van der Waals surface area contributed by atoms with Crippen LogP contribution in [-0.4, -0.2) is 42.3 Å². The Kier molecular flexibility index (Phi) is 6.75. The summed E-state index contributed by atoms with van der Waals surface area (Å²) < 4.78 is 26.4. The standard InChI is InChI=1S/C24H24BrN5O3S2/c1-35(32,33)23-17(8-11-34-23)14-30-21-18(12-20(25)22(30)31)13-27-24(29-21)28-19-4-2-15(3-5-19)16-6-9-26-10-7-16/h2-5,8,11-13,16,26H,6-7,9-10,14H2,1H3,(H,27,28,29). The first-order valence-electron chi connectivity index (χ1n) is 11.2. The first-order valence-corrected chi connectivity index (χ1v) is 14.8. The van der Waals surface area contributed by atoms with Gasteiger partial charge >= 0.3 is 0 Å². The summed E-state index contributed by atoms with van der Waals surface area (Å²) in [5.74, 6) is 0.931. The molecule has 2 N–H and O–H groups in total. The third-order valence-corrected chi connectivity index (χ3v) is 9.58. The summed E-state index contributed by atoms with van der Waals surface area (Å²) in [7, 11) is -3.40. The van der Waals surface area contributed by atoms with E-state index in [2.05, 4.69) is 48.7 Å². The zero-order valence-corrected chi connectivity index (χ0v) is 22.2. The summed E-state index contributed by atoms with van der Waals surface area (Å²) in [4.78, 5) is 22.1. The van der Waals surface area contributed by atoms with E-state index in [1.807, 2.05) is 12.1 Å². The van der Waals surface area contributed by atoms with Gasteiger partial charge in [0, 0.05) is 29.1 Å². The zero-order chi connectivity index (χ0) is 24.6. The van der Waals surface area contributed by atoms with Crippen LogP contribution in [-0.2, 0) is 16.4 Å². The van der Waals surface area contributed by atoms with Gasteiger partial charge in [0.15, 0.2) is 9.84 Å². The summed E-state index contributed by atoms with van der Waals surface area (Å²) >= 11 is 4.46. The van der Waals surface area contributed by atoms with Crippen molar-refractivity contribution < 1.29 is 8.42 Å². The van der Waals surface area contributed by atoms with Gasteiger partial charge in [0.25, 0.3) is 5.56 Å². The monoisotopic (exact) mass is 573 g/mol. The SMILES string of the molecule is CS(=O)(=O)c1sccc1Cn1c(=O)c(Br)cc2cnc(Nc3ccc(C4CCNCC4)cc3)nc21. The molecule has 8 nitrogen and oxygen atoms in total. The van der Waals surface area contributed by atoms with E-state index >= 15 is 0 Å². The molecular weight excluding hydrogens is 550 g/mol. The van der Waals surface area contributed by atoms with Crippen LogP contribution in [0.3, 0.4) is 0 Å². The maximum Gasteiger partial charge on any atom is 0.266 e. The predicted octanol–water partition coefficient (Wildman–Crippen LogP) is 4.28. The maximum absolute atomic E-state index is 13.0. The van der Waals surface area contributed by atoms with E-state index in [9.17, 15) is 13.2 Å². The number of halogens is 1. The largest absolute Gasteiger partial charge is 0.324 e. The van der Waals surface area contributed by atoms with Crippen LogP contribution in [0.25, 0.3) is 11.0 Å². The number of hydrogen-bond donors (Lipinski definition) is 2. The fourth-order valence-corrected chi connectivity index (χ4v) is 6.96. The lowest BCUT2D eigenvalue weighted by atomic mass is 9.90. The molecule has 1 aliphatic rings. The highest BCUT2D eigenvalue weighted by Crippen LogP contribution is 2.28. The van der Waals surface area contributed by atoms with Crippen molar-refractivity contribution in [2.24, 2.45) is 0 Å². The average Bonchev–Trinajstić information content (AvgIpc) is 3.33. The van der Waals surface area contributed by atoms with Gasteiger partial charge in [-0.05, 0) is 83.0 Å². The van der Waals surface area contributed by atoms with Crippen molar-refractivity contribution in [1.82, 2.24) is 19.9 Å². The summed E-state index contributed by atoms with van der Waals surface area (Å²) in [6.07, 6.45) is 5.10. The molecule has 0 unspecified atom stereocenters. The summed E-state index contributed by atoms with van der Waals surface area (Å²) in [6, 6.07) is 11.7. The number of nitrogens with one attached hydrogen (secondary N) is 2. The second-order valence-corrected chi connectivity index (χ2v) is 12.6. The molecule has 3 aromatic heterocycles. The minimum absolute atomic E-state index is 0.0854. The van der Waals surface area contributed by atoms with Crippen molar-refractivity contribution in [3.63, 3.8) is 0 Å². The second-order valence-electron chi connectivity index (χ2n) is 8.63. The number of fused-ring (bicyclic) bond motifs is 1. The third-order valence-electron chi connectivity index (χ3n) is 6.13. The molecule has 35 heavy (non-hydrogen) atoms. The van der Waals surface area contributed by atoms with E-state index in [4.69, 9.17) is 0 Å². The Bertz CT molecular complexity index is 1540. The number of anilines is 2. The molecule has 0 atom stereocenters. The van der Waals surface area contributed by atoms with Crippen LogP contribution in [0.2, 0.25) is 0 Å². The third kappa shape index (κ3) is 5.18. The first-order chi connectivity index (χ1) is 16.8. The number of sulfone groups is 1. The molecule has 0 bridgehead atoms. The summed E-state index contributed by atoms with van der Waals surface area (Å²) in [5, 5.41) is 9.00.